The lowest BCUT2D eigenvalue weighted by Crippen LogP contribution is -2.24. The van der Waals surface area contributed by atoms with Crippen molar-refractivity contribution >= 4 is 17.1 Å². The van der Waals surface area contributed by atoms with Crippen molar-refractivity contribution < 1.29 is 14.6 Å². The monoisotopic (exact) mass is 382 g/mol. The molecule has 4 rings (SSSR count). The van der Waals surface area contributed by atoms with Gasteiger partial charge in [-0.25, -0.2) is 4.98 Å². The van der Waals surface area contributed by atoms with Crippen LogP contribution in [0.4, 0.5) is 0 Å². The first kappa shape index (κ1) is 18.2. The van der Waals surface area contributed by atoms with Crippen LogP contribution in [-0.4, -0.2) is 30.6 Å². The predicted molar refractivity (Wildman–Crippen MR) is 103 cm³/mol. The number of hydrogen-bond donors (Lipinski definition) is 2. The number of carbonyl (C=O) groups is 1. The first-order valence-corrected chi connectivity index (χ1v) is 9.57. The Hall–Kier alpha value is -3.16. The van der Waals surface area contributed by atoms with E-state index >= 15 is 0 Å². The van der Waals surface area contributed by atoms with Crippen molar-refractivity contribution in [3.8, 4) is 11.8 Å². The van der Waals surface area contributed by atoms with Crippen molar-refractivity contribution in [2.75, 3.05) is 0 Å². The van der Waals surface area contributed by atoms with Crippen LogP contribution in [0.25, 0.3) is 11.2 Å². The molecule has 3 aromatic rings. The van der Waals surface area contributed by atoms with Gasteiger partial charge in [-0.05, 0) is 25.0 Å². The summed E-state index contributed by atoms with van der Waals surface area (Å²) >= 11 is 0. The van der Waals surface area contributed by atoms with E-state index in [4.69, 9.17) is 9.84 Å². The molecule has 2 N–H and O–H groups in total. The van der Waals surface area contributed by atoms with E-state index in [-0.39, 0.29) is 24.5 Å². The normalized spacial score (nSPS) is 15.0. The van der Waals surface area contributed by atoms with Crippen LogP contribution in [0, 0.1) is 0 Å². The van der Waals surface area contributed by atoms with E-state index < -0.39 is 5.97 Å². The van der Waals surface area contributed by atoms with E-state index in [0.717, 1.165) is 31.5 Å². The summed E-state index contributed by atoms with van der Waals surface area (Å²) in [7, 11) is 0. The van der Waals surface area contributed by atoms with Gasteiger partial charge in [0.1, 0.15) is 11.6 Å². The molecule has 1 aromatic carbocycles. The molecule has 2 heterocycles. The number of nitrogens with zero attached hydrogens (tertiary/aromatic N) is 3. The number of carboxylic acid groups (broad SMARTS) is 1. The zero-order valence-corrected chi connectivity index (χ0v) is 15.4. The lowest BCUT2D eigenvalue weighted by molar-refractivity contribution is -0.137. The van der Waals surface area contributed by atoms with Crippen LogP contribution in [0.2, 0.25) is 0 Å². The molecule has 0 aliphatic heterocycles. The lowest BCUT2D eigenvalue weighted by atomic mass is 9.89. The summed E-state index contributed by atoms with van der Waals surface area (Å²) in [6, 6.07) is 9.01. The topological polar surface area (TPSA) is 110 Å². The van der Waals surface area contributed by atoms with E-state index in [9.17, 15) is 9.59 Å². The van der Waals surface area contributed by atoms with Crippen molar-refractivity contribution in [3.05, 3.63) is 46.5 Å². The van der Waals surface area contributed by atoms with E-state index in [0.29, 0.717) is 22.8 Å². The molecule has 0 spiro atoms. The number of aromatic amines is 1. The van der Waals surface area contributed by atoms with Crippen molar-refractivity contribution in [1.29, 1.82) is 0 Å². The zero-order valence-electron chi connectivity index (χ0n) is 15.4. The summed E-state index contributed by atoms with van der Waals surface area (Å²) in [5.41, 5.74) is 0.237. The number of rotatable bonds is 6. The Morgan fingerprint density at radius 3 is 2.64 bits per heavy atom. The average Bonchev–Trinajstić information content (AvgIpc) is 3.13. The summed E-state index contributed by atoms with van der Waals surface area (Å²) < 4.78 is 7.05. The van der Waals surface area contributed by atoms with Crippen LogP contribution in [0.3, 0.4) is 0 Å². The molecule has 1 aliphatic carbocycles. The highest BCUT2D eigenvalue weighted by Gasteiger charge is 2.22. The number of nitrogens with one attached hydrogen (secondary N) is 1. The molecule has 28 heavy (non-hydrogen) atoms. The number of aliphatic carboxylic acids is 1. The second-order valence-corrected chi connectivity index (χ2v) is 7.07. The van der Waals surface area contributed by atoms with Crippen molar-refractivity contribution in [2.45, 2.75) is 51.0 Å². The molecule has 0 amide bonds. The molecule has 0 radical (unpaired) electrons. The molecule has 146 valence electrons. The quantitative estimate of drug-likeness (QED) is 0.676. The number of hydrogen-bond acceptors (Lipinski definition) is 5. The molecule has 0 saturated heterocycles. The van der Waals surface area contributed by atoms with E-state index in [1.54, 1.807) is 12.1 Å². The highest BCUT2D eigenvalue weighted by atomic mass is 16.5. The Bertz CT molecular complexity index is 1040. The molecule has 0 bridgehead atoms. The fraction of sp³-hybridized carbons (Fsp3) is 0.400. The number of imidazole rings is 1. The van der Waals surface area contributed by atoms with Gasteiger partial charge in [0.15, 0.2) is 11.2 Å². The van der Waals surface area contributed by atoms with Crippen LogP contribution in [0.15, 0.2) is 35.1 Å². The lowest BCUT2D eigenvalue weighted by Gasteiger charge is -2.18. The molecule has 8 nitrogen and oxygen atoms in total. The number of benzene rings is 1. The molecular formula is C20H22N4O4. The Labute approximate surface area is 161 Å². The van der Waals surface area contributed by atoms with Crippen LogP contribution in [0.5, 0.6) is 11.8 Å². The minimum atomic E-state index is -0.995. The molecule has 8 heteroatoms. The van der Waals surface area contributed by atoms with Crippen molar-refractivity contribution in [3.63, 3.8) is 0 Å². The molecule has 0 atom stereocenters. The molecule has 1 aliphatic rings. The first-order chi connectivity index (χ1) is 13.6. The highest BCUT2D eigenvalue weighted by Crippen LogP contribution is 2.31. The van der Waals surface area contributed by atoms with Crippen LogP contribution < -0.4 is 10.3 Å². The average molecular weight is 382 g/mol. The van der Waals surface area contributed by atoms with Gasteiger partial charge < -0.3 is 14.8 Å². The second kappa shape index (κ2) is 7.84. The zero-order chi connectivity index (χ0) is 19.5. The van der Waals surface area contributed by atoms with Gasteiger partial charge in [-0.3, -0.25) is 14.2 Å². The first-order valence-electron chi connectivity index (χ1n) is 9.57. The maximum Gasteiger partial charge on any atom is 0.306 e. The third kappa shape index (κ3) is 3.76. The van der Waals surface area contributed by atoms with Gasteiger partial charge >= 0.3 is 12.0 Å². The van der Waals surface area contributed by atoms with Gasteiger partial charge in [-0.2, -0.15) is 4.98 Å². The fourth-order valence-electron chi connectivity index (χ4n) is 3.63. The number of H-pyrrole nitrogens is 1. The maximum absolute atomic E-state index is 13.0. The molecular weight excluding hydrogens is 360 g/mol. The van der Waals surface area contributed by atoms with Gasteiger partial charge in [-0.15, -0.1) is 0 Å². The van der Waals surface area contributed by atoms with Crippen molar-refractivity contribution in [1.82, 2.24) is 19.5 Å². The molecule has 1 fully saturated rings. The second-order valence-electron chi connectivity index (χ2n) is 7.07. The fourth-order valence-corrected chi connectivity index (χ4v) is 3.63. The summed E-state index contributed by atoms with van der Waals surface area (Å²) in [5.74, 6) is 0.597. The number of ether oxygens (including phenoxy) is 1. The van der Waals surface area contributed by atoms with Gasteiger partial charge in [-0.1, -0.05) is 37.5 Å². The van der Waals surface area contributed by atoms with E-state index in [1.807, 2.05) is 18.2 Å². The van der Waals surface area contributed by atoms with Crippen LogP contribution >= 0.6 is 0 Å². The Balaban J connectivity index is 1.76. The van der Waals surface area contributed by atoms with Gasteiger partial charge in [0.25, 0.3) is 5.56 Å². The minimum absolute atomic E-state index is 0.0307. The maximum atomic E-state index is 13.0. The van der Waals surface area contributed by atoms with Crippen molar-refractivity contribution in [2.24, 2.45) is 0 Å². The smallest absolute Gasteiger partial charge is 0.306 e. The van der Waals surface area contributed by atoms with Gasteiger partial charge in [0.05, 0.1) is 6.42 Å². The Kier molecular flexibility index (Phi) is 5.10. The third-order valence-electron chi connectivity index (χ3n) is 5.09. The molecule has 0 unspecified atom stereocenters. The Morgan fingerprint density at radius 2 is 1.93 bits per heavy atom. The summed E-state index contributed by atoms with van der Waals surface area (Å²) in [5, 5.41) is 9.04. The predicted octanol–water partition coefficient (Wildman–Crippen LogP) is 3.43. The number of aromatic nitrogens is 4. The Morgan fingerprint density at radius 1 is 1.18 bits per heavy atom. The van der Waals surface area contributed by atoms with Crippen LogP contribution in [0.1, 0.15) is 50.3 Å². The largest absolute Gasteiger partial charge is 0.481 e. The minimum Gasteiger partial charge on any atom is -0.481 e. The highest BCUT2D eigenvalue weighted by molar-refractivity contribution is 5.70. The van der Waals surface area contributed by atoms with Crippen LogP contribution in [-0.2, 0) is 11.3 Å². The summed E-state index contributed by atoms with van der Waals surface area (Å²) in [6.45, 7) is -0.0307. The molecule has 2 aromatic heterocycles. The van der Waals surface area contributed by atoms with E-state index in [2.05, 4.69) is 15.0 Å². The number of fused-ring (bicyclic) bond motifs is 1. The standard InChI is InChI=1S/C20H22N4O4/c25-15(26)11-12-24-19(27)16-18(22-17(21-16)13-7-3-1-4-8-13)23-20(24)28-14-9-5-2-6-10-14/h2,5-6,9-10,13H,1,3-4,7-8,11-12H2,(H,21,22)(H,25,26). The molecule has 1 saturated carbocycles. The summed E-state index contributed by atoms with van der Waals surface area (Å²) in [6.07, 6.45) is 5.41. The summed E-state index contributed by atoms with van der Waals surface area (Å²) in [4.78, 5) is 36.2. The van der Waals surface area contributed by atoms with Gasteiger partial charge in [0.2, 0.25) is 0 Å². The SMILES string of the molecule is O=C(O)CCn1c(Oc2ccccc2)nc2nc(C3CCCCC3)[nH]c2c1=O. The van der Waals surface area contributed by atoms with E-state index in [1.165, 1.54) is 11.0 Å². The number of carboxylic acids is 1. The number of para-hydroxylation sites is 1. The third-order valence-corrected chi connectivity index (χ3v) is 5.09. The van der Waals surface area contributed by atoms with Gasteiger partial charge in [0, 0.05) is 12.5 Å².